The van der Waals surface area contributed by atoms with Gasteiger partial charge < -0.3 is 15.5 Å². The summed E-state index contributed by atoms with van der Waals surface area (Å²) in [6.07, 6.45) is 5.72. The van der Waals surface area contributed by atoms with Gasteiger partial charge in [-0.1, -0.05) is 0 Å². The van der Waals surface area contributed by atoms with Crippen LogP contribution in [0.3, 0.4) is 0 Å². The highest BCUT2D eigenvalue weighted by atomic mass is 16.2. The number of hydrogen-bond donors (Lipinski definition) is 2. The molecule has 0 aliphatic carbocycles. The van der Waals surface area contributed by atoms with E-state index in [0.717, 1.165) is 30.4 Å². The summed E-state index contributed by atoms with van der Waals surface area (Å²) in [5.74, 6) is 0.214. The molecule has 1 fully saturated rings. The van der Waals surface area contributed by atoms with E-state index in [1.54, 1.807) is 12.4 Å². The van der Waals surface area contributed by atoms with Crippen molar-refractivity contribution in [1.29, 1.82) is 0 Å². The van der Waals surface area contributed by atoms with E-state index < -0.39 is 0 Å². The van der Waals surface area contributed by atoms with Crippen LogP contribution in [0.25, 0.3) is 11.0 Å². The van der Waals surface area contributed by atoms with E-state index in [1.807, 2.05) is 29.5 Å². The predicted molar refractivity (Wildman–Crippen MR) is 95.4 cm³/mol. The lowest BCUT2D eigenvalue weighted by atomic mass is 10.3. The first-order valence-electron chi connectivity index (χ1n) is 8.70. The molecule has 0 spiro atoms. The highest BCUT2D eigenvalue weighted by molar-refractivity contribution is 5.91. The summed E-state index contributed by atoms with van der Waals surface area (Å²) in [5, 5.41) is 10.8. The van der Waals surface area contributed by atoms with E-state index in [2.05, 4.69) is 20.7 Å². The Morgan fingerprint density at radius 2 is 2.20 bits per heavy atom. The van der Waals surface area contributed by atoms with E-state index in [1.165, 1.54) is 0 Å². The molecule has 0 aromatic carbocycles. The highest BCUT2D eigenvalue weighted by Gasteiger charge is 2.19. The molecule has 1 aliphatic heterocycles. The van der Waals surface area contributed by atoms with Crippen molar-refractivity contribution >= 4 is 28.7 Å². The summed E-state index contributed by atoms with van der Waals surface area (Å²) in [6, 6.07) is 1.82. The molecule has 0 bridgehead atoms. The summed E-state index contributed by atoms with van der Waals surface area (Å²) in [4.78, 5) is 29.7. The fourth-order valence-electron chi connectivity index (χ4n) is 2.97. The number of likely N-dealkylation sites (tertiary alicyclic amines) is 1. The first kappa shape index (κ1) is 17.2. The molecule has 2 aromatic heterocycles. The normalized spacial score (nSPS) is 14.5. The quantitative estimate of drug-likeness (QED) is 0.785. The number of urea groups is 1. The van der Waals surface area contributed by atoms with Crippen molar-refractivity contribution in [2.75, 3.05) is 25.0 Å². The zero-order valence-electron chi connectivity index (χ0n) is 14.7. The van der Waals surface area contributed by atoms with E-state index in [0.29, 0.717) is 25.2 Å². The number of hydrogen-bond acceptors (Lipinski definition) is 4. The Hall–Kier alpha value is -2.64. The molecule has 0 saturated carbocycles. The third kappa shape index (κ3) is 4.07. The number of amides is 3. The molecule has 3 heterocycles. The Morgan fingerprint density at radius 1 is 1.36 bits per heavy atom. The van der Waals surface area contributed by atoms with Crippen molar-refractivity contribution in [3.05, 3.63) is 18.5 Å². The fourth-order valence-corrected chi connectivity index (χ4v) is 2.97. The molecule has 2 N–H and O–H groups in total. The van der Waals surface area contributed by atoms with Gasteiger partial charge in [0.05, 0.1) is 18.1 Å². The lowest BCUT2D eigenvalue weighted by molar-refractivity contribution is -0.127. The van der Waals surface area contributed by atoms with Gasteiger partial charge in [-0.3, -0.25) is 4.79 Å². The van der Waals surface area contributed by atoms with Crippen molar-refractivity contribution in [1.82, 2.24) is 25.0 Å². The van der Waals surface area contributed by atoms with Gasteiger partial charge >= 0.3 is 6.03 Å². The summed E-state index contributed by atoms with van der Waals surface area (Å²) < 4.78 is 1.85. The second-order valence-corrected chi connectivity index (χ2v) is 6.54. The first-order valence-corrected chi connectivity index (χ1v) is 8.70. The van der Waals surface area contributed by atoms with Crippen molar-refractivity contribution in [2.45, 2.75) is 39.2 Å². The topological polar surface area (TPSA) is 92.2 Å². The molecular weight excluding hydrogens is 320 g/mol. The molecule has 8 nitrogen and oxygen atoms in total. The first-order chi connectivity index (χ1) is 12.0. The maximum absolute atomic E-state index is 12.0. The summed E-state index contributed by atoms with van der Waals surface area (Å²) in [6.45, 7) is 6.14. The van der Waals surface area contributed by atoms with Crippen LogP contribution in [0.2, 0.25) is 0 Å². The van der Waals surface area contributed by atoms with Crippen LogP contribution in [-0.4, -0.2) is 51.2 Å². The van der Waals surface area contributed by atoms with Gasteiger partial charge in [0.2, 0.25) is 5.91 Å². The summed E-state index contributed by atoms with van der Waals surface area (Å²) in [7, 11) is 0. The standard InChI is InChI=1S/C17H24N6O2/c1-12(2)23-16-13(10-20-23)9-14(11-19-16)21-17(25)18-6-4-8-22-7-3-5-15(22)24/h9-12H,3-8H2,1-2H3,(H2,18,21,25). The molecule has 8 heteroatoms. The Kier molecular flexibility index (Phi) is 5.16. The number of carbonyl (C=O) groups excluding carboxylic acids is 2. The smallest absolute Gasteiger partial charge is 0.319 e. The fraction of sp³-hybridized carbons (Fsp3) is 0.529. The number of fused-ring (bicyclic) bond motifs is 1. The molecule has 134 valence electrons. The highest BCUT2D eigenvalue weighted by Crippen LogP contribution is 2.18. The van der Waals surface area contributed by atoms with Crippen molar-refractivity contribution in [3.63, 3.8) is 0 Å². The Balaban J connectivity index is 1.47. The van der Waals surface area contributed by atoms with Crippen molar-refractivity contribution in [3.8, 4) is 0 Å². The van der Waals surface area contributed by atoms with Crippen LogP contribution in [0.1, 0.15) is 39.2 Å². The van der Waals surface area contributed by atoms with Crippen molar-refractivity contribution < 1.29 is 9.59 Å². The Bertz CT molecular complexity index is 770. The molecule has 25 heavy (non-hydrogen) atoms. The van der Waals surface area contributed by atoms with E-state index in [9.17, 15) is 9.59 Å². The second kappa shape index (κ2) is 7.50. The van der Waals surface area contributed by atoms with Gasteiger partial charge in [0.1, 0.15) is 0 Å². The molecular formula is C17H24N6O2. The van der Waals surface area contributed by atoms with Crippen LogP contribution in [0.5, 0.6) is 0 Å². The minimum Gasteiger partial charge on any atom is -0.343 e. The summed E-state index contributed by atoms with van der Waals surface area (Å²) >= 11 is 0. The number of pyridine rings is 1. The van der Waals surface area contributed by atoms with Crippen LogP contribution in [0.15, 0.2) is 18.5 Å². The van der Waals surface area contributed by atoms with Gasteiger partial charge in [-0.05, 0) is 32.8 Å². The molecule has 3 rings (SSSR count). The largest absolute Gasteiger partial charge is 0.343 e. The molecule has 1 saturated heterocycles. The predicted octanol–water partition coefficient (Wildman–Crippen LogP) is 2.15. The maximum atomic E-state index is 12.0. The van der Waals surface area contributed by atoms with E-state index in [-0.39, 0.29) is 18.0 Å². The third-order valence-corrected chi connectivity index (χ3v) is 4.24. The zero-order chi connectivity index (χ0) is 17.8. The van der Waals surface area contributed by atoms with Gasteiger partial charge in [-0.15, -0.1) is 0 Å². The molecule has 3 amide bonds. The number of nitrogens with one attached hydrogen (secondary N) is 2. The van der Waals surface area contributed by atoms with Crippen LogP contribution >= 0.6 is 0 Å². The number of carbonyl (C=O) groups is 2. The Morgan fingerprint density at radius 3 is 2.92 bits per heavy atom. The number of nitrogens with zero attached hydrogens (tertiary/aromatic N) is 4. The average molecular weight is 344 g/mol. The SMILES string of the molecule is CC(C)n1ncc2cc(NC(=O)NCCCN3CCCC3=O)cnc21. The van der Waals surface area contributed by atoms with Crippen LogP contribution < -0.4 is 10.6 Å². The van der Waals surface area contributed by atoms with Gasteiger partial charge in [-0.25, -0.2) is 14.5 Å². The minimum absolute atomic E-state index is 0.214. The maximum Gasteiger partial charge on any atom is 0.319 e. The van der Waals surface area contributed by atoms with E-state index in [4.69, 9.17) is 0 Å². The lowest BCUT2D eigenvalue weighted by Crippen LogP contribution is -2.33. The zero-order valence-corrected chi connectivity index (χ0v) is 14.7. The molecule has 2 aromatic rings. The molecule has 0 radical (unpaired) electrons. The number of aromatic nitrogens is 3. The number of anilines is 1. The van der Waals surface area contributed by atoms with Crippen LogP contribution in [-0.2, 0) is 4.79 Å². The average Bonchev–Trinajstić information content (AvgIpc) is 3.17. The Labute approximate surface area is 146 Å². The van der Waals surface area contributed by atoms with E-state index >= 15 is 0 Å². The second-order valence-electron chi connectivity index (χ2n) is 6.54. The lowest BCUT2D eigenvalue weighted by Gasteiger charge is -2.15. The van der Waals surface area contributed by atoms with Gasteiger partial charge in [0.15, 0.2) is 5.65 Å². The third-order valence-electron chi connectivity index (χ3n) is 4.24. The molecule has 1 aliphatic rings. The van der Waals surface area contributed by atoms with Crippen LogP contribution in [0, 0.1) is 0 Å². The minimum atomic E-state index is -0.273. The molecule has 0 unspecified atom stereocenters. The molecule has 0 atom stereocenters. The van der Waals surface area contributed by atoms with Gasteiger partial charge in [0, 0.05) is 37.5 Å². The van der Waals surface area contributed by atoms with Crippen LogP contribution in [0.4, 0.5) is 10.5 Å². The number of rotatable bonds is 6. The van der Waals surface area contributed by atoms with Gasteiger partial charge in [-0.2, -0.15) is 5.10 Å². The monoisotopic (exact) mass is 344 g/mol. The van der Waals surface area contributed by atoms with Crippen molar-refractivity contribution in [2.24, 2.45) is 0 Å². The summed E-state index contributed by atoms with van der Waals surface area (Å²) in [5.41, 5.74) is 1.43. The van der Waals surface area contributed by atoms with Gasteiger partial charge in [0.25, 0.3) is 0 Å².